The predicted molar refractivity (Wildman–Crippen MR) is 131 cm³/mol. The summed E-state index contributed by atoms with van der Waals surface area (Å²) in [5, 5.41) is 3.36. The molecule has 1 fully saturated rings. The number of hydrogen-bond donors (Lipinski definition) is 1. The summed E-state index contributed by atoms with van der Waals surface area (Å²) in [4.78, 5) is 18.0. The van der Waals surface area contributed by atoms with Gasteiger partial charge in [0.1, 0.15) is 11.4 Å². The molecule has 5 rings (SSSR count). The second-order valence-electron chi connectivity index (χ2n) is 9.77. The lowest BCUT2D eigenvalue weighted by molar-refractivity contribution is -0.123. The van der Waals surface area contributed by atoms with Crippen LogP contribution in [0.2, 0.25) is 0 Å². The van der Waals surface area contributed by atoms with Crippen molar-refractivity contribution in [1.82, 2.24) is 14.9 Å². The van der Waals surface area contributed by atoms with E-state index in [9.17, 15) is 4.79 Å². The van der Waals surface area contributed by atoms with E-state index in [0.29, 0.717) is 18.3 Å². The number of nitrogens with one attached hydrogen (secondary N) is 1. The lowest BCUT2D eigenvalue weighted by atomic mass is 9.72. The molecule has 0 saturated heterocycles. The SMILES string of the molecule is CC1CC(C)C(NC(=O)CC(C)C2(c3ccc(Br)cc3)c3ccccc3-c3nccn32)C1. The Bertz CT molecular complexity index is 1140. The first-order chi connectivity index (χ1) is 15.4. The van der Waals surface area contributed by atoms with Gasteiger partial charge < -0.3 is 9.88 Å². The monoisotopic (exact) mass is 491 g/mol. The fourth-order valence-electron chi connectivity index (χ4n) is 6.17. The molecule has 1 saturated carbocycles. The predicted octanol–water partition coefficient (Wildman–Crippen LogP) is 5.99. The van der Waals surface area contributed by atoms with Gasteiger partial charge in [-0.2, -0.15) is 0 Å². The van der Waals surface area contributed by atoms with Gasteiger partial charge in [0.25, 0.3) is 0 Å². The van der Waals surface area contributed by atoms with Crippen LogP contribution in [0.25, 0.3) is 11.4 Å². The van der Waals surface area contributed by atoms with Crippen molar-refractivity contribution in [1.29, 1.82) is 0 Å². The van der Waals surface area contributed by atoms with Gasteiger partial charge in [0.05, 0.1) is 0 Å². The number of amides is 1. The molecule has 5 unspecified atom stereocenters. The molecule has 1 aromatic heterocycles. The van der Waals surface area contributed by atoms with Gasteiger partial charge in [-0.3, -0.25) is 4.79 Å². The van der Waals surface area contributed by atoms with Crippen LogP contribution in [0.3, 0.4) is 0 Å². The lowest BCUT2D eigenvalue weighted by Gasteiger charge is -2.39. The van der Waals surface area contributed by atoms with Gasteiger partial charge in [-0.05, 0) is 53.9 Å². The summed E-state index contributed by atoms with van der Waals surface area (Å²) in [6.07, 6.45) is 6.65. The number of benzene rings is 2. The number of hydrogen-bond acceptors (Lipinski definition) is 2. The summed E-state index contributed by atoms with van der Waals surface area (Å²) in [6.45, 7) is 6.74. The van der Waals surface area contributed by atoms with Crippen molar-refractivity contribution in [3.05, 3.63) is 76.5 Å². The first-order valence-corrected chi connectivity index (χ1v) is 12.4. The van der Waals surface area contributed by atoms with Gasteiger partial charge in [-0.15, -0.1) is 0 Å². The number of carbonyl (C=O) groups is 1. The van der Waals surface area contributed by atoms with Gasteiger partial charge >= 0.3 is 0 Å². The van der Waals surface area contributed by atoms with E-state index in [1.54, 1.807) is 0 Å². The third-order valence-corrected chi connectivity index (χ3v) is 8.08. The Balaban J connectivity index is 1.55. The molecule has 1 N–H and O–H groups in total. The van der Waals surface area contributed by atoms with Crippen LogP contribution in [-0.4, -0.2) is 21.5 Å². The molecular weight excluding hydrogens is 462 g/mol. The van der Waals surface area contributed by atoms with Crippen molar-refractivity contribution in [2.24, 2.45) is 17.8 Å². The van der Waals surface area contributed by atoms with E-state index in [0.717, 1.165) is 22.3 Å². The zero-order valence-electron chi connectivity index (χ0n) is 18.9. The Kier molecular flexibility index (Phi) is 5.48. The number of fused-ring (bicyclic) bond motifs is 3. The molecular formula is C27H30BrN3O. The fourth-order valence-corrected chi connectivity index (χ4v) is 6.43. The average molecular weight is 492 g/mol. The molecule has 166 valence electrons. The number of imidazole rings is 1. The zero-order chi connectivity index (χ0) is 22.5. The molecule has 2 heterocycles. The molecule has 0 radical (unpaired) electrons. The summed E-state index contributed by atoms with van der Waals surface area (Å²) in [6, 6.07) is 17.3. The maximum absolute atomic E-state index is 13.3. The van der Waals surface area contributed by atoms with Crippen LogP contribution in [0.5, 0.6) is 0 Å². The van der Waals surface area contributed by atoms with E-state index in [1.807, 2.05) is 6.20 Å². The minimum Gasteiger partial charge on any atom is -0.353 e. The molecule has 5 atom stereocenters. The number of rotatable bonds is 5. The average Bonchev–Trinajstić information content (AvgIpc) is 3.43. The van der Waals surface area contributed by atoms with Crippen LogP contribution in [0, 0.1) is 17.8 Å². The molecule has 1 amide bonds. The van der Waals surface area contributed by atoms with Gasteiger partial charge in [0.15, 0.2) is 0 Å². The van der Waals surface area contributed by atoms with Crippen LogP contribution in [0.15, 0.2) is 65.4 Å². The van der Waals surface area contributed by atoms with E-state index in [-0.39, 0.29) is 17.9 Å². The van der Waals surface area contributed by atoms with Gasteiger partial charge in [0.2, 0.25) is 5.91 Å². The van der Waals surface area contributed by atoms with E-state index in [2.05, 4.69) is 101 Å². The van der Waals surface area contributed by atoms with E-state index >= 15 is 0 Å². The Morgan fingerprint density at radius 1 is 1.19 bits per heavy atom. The Morgan fingerprint density at radius 2 is 1.94 bits per heavy atom. The van der Waals surface area contributed by atoms with Gasteiger partial charge in [0, 0.05) is 34.9 Å². The highest BCUT2D eigenvalue weighted by Gasteiger charge is 2.49. The quantitative estimate of drug-likeness (QED) is 0.475. The number of halogens is 1. The second-order valence-corrected chi connectivity index (χ2v) is 10.7. The Hall–Kier alpha value is -2.40. The number of nitrogens with zero attached hydrogens (tertiary/aromatic N) is 2. The van der Waals surface area contributed by atoms with Crippen molar-refractivity contribution in [3.8, 4) is 11.4 Å². The van der Waals surface area contributed by atoms with E-state index in [4.69, 9.17) is 4.98 Å². The lowest BCUT2D eigenvalue weighted by Crippen LogP contribution is -2.44. The van der Waals surface area contributed by atoms with Crippen LogP contribution in [0.1, 0.15) is 51.2 Å². The molecule has 5 heteroatoms. The van der Waals surface area contributed by atoms with Crippen molar-refractivity contribution in [3.63, 3.8) is 0 Å². The van der Waals surface area contributed by atoms with Crippen molar-refractivity contribution >= 4 is 21.8 Å². The summed E-state index contributed by atoms with van der Waals surface area (Å²) >= 11 is 3.58. The molecule has 2 aromatic carbocycles. The largest absolute Gasteiger partial charge is 0.353 e. The smallest absolute Gasteiger partial charge is 0.220 e. The molecule has 0 bridgehead atoms. The Labute approximate surface area is 198 Å². The molecule has 32 heavy (non-hydrogen) atoms. The summed E-state index contributed by atoms with van der Waals surface area (Å²) in [7, 11) is 0. The Morgan fingerprint density at radius 3 is 2.66 bits per heavy atom. The van der Waals surface area contributed by atoms with Crippen molar-refractivity contribution < 1.29 is 4.79 Å². The van der Waals surface area contributed by atoms with Crippen LogP contribution in [0.4, 0.5) is 0 Å². The number of aromatic nitrogens is 2. The molecule has 1 aliphatic heterocycles. The maximum Gasteiger partial charge on any atom is 0.220 e. The van der Waals surface area contributed by atoms with E-state index in [1.165, 1.54) is 17.5 Å². The van der Waals surface area contributed by atoms with Crippen LogP contribution in [-0.2, 0) is 10.3 Å². The van der Waals surface area contributed by atoms with Crippen molar-refractivity contribution in [2.75, 3.05) is 0 Å². The van der Waals surface area contributed by atoms with Gasteiger partial charge in [-0.1, -0.05) is 73.1 Å². The normalized spacial score (nSPS) is 27.1. The number of carbonyl (C=O) groups excluding carboxylic acids is 1. The zero-order valence-corrected chi connectivity index (χ0v) is 20.5. The second kappa shape index (κ2) is 8.18. The minimum atomic E-state index is -0.477. The minimum absolute atomic E-state index is 0.0365. The van der Waals surface area contributed by atoms with Crippen molar-refractivity contribution in [2.45, 2.75) is 51.6 Å². The third-order valence-electron chi connectivity index (χ3n) is 7.55. The molecule has 0 spiro atoms. The highest BCUT2D eigenvalue weighted by Crippen LogP contribution is 2.52. The highest BCUT2D eigenvalue weighted by atomic mass is 79.9. The molecule has 3 aromatic rings. The third kappa shape index (κ3) is 3.33. The van der Waals surface area contributed by atoms with Crippen LogP contribution >= 0.6 is 15.9 Å². The molecule has 1 aliphatic carbocycles. The summed E-state index contributed by atoms with van der Waals surface area (Å²) < 4.78 is 3.32. The molecule has 4 nitrogen and oxygen atoms in total. The van der Waals surface area contributed by atoms with Crippen LogP contribution < -0.4 is 5.32 Å². The summed E-state index contributed by atoms with van der Waals surface area (Å²) in [5.41, 5.74) is 3.06. The standard InChI is InChI=1S/C27H30BrN3O/c1-17-14-18(2)24(15-17)30-25(32)16-19(3)27(20-8-10-21(28)11-9-20)23-7-5-4-6-22(23)26-29-12-13-31(26)27/h4-13,17-19,24H,14-16H2,1-3H3,(H,30,32). The maximum atomic E-state index is 13.3. The van der Waals surface area contributed by atoms with E-state index < -0.39 is 5.54 Å². The topological polar surface area (TPSA) is 46.9 Å². The fraction of sp³-hybridized carbons (Fsp3) is 0.407. The first kappa shape index (κ1) is 21.4. The highest BCUT2D eigenvalue weighted by molar-refractivity contribution is 9.10. The van der Waals surface area contributed by atoms with Gasteiger partial charge in [-0.25, -0.2) is 4.98 Å². The first-order valence-electron chi connectivity index (χ1n) is 11.6. The summed E-state index contributed by atoms with van der Waals surface area (Å²) in [5.74, 6) is 2.36. The molecule has 2 aliphatic rings.